The molecule has 0 radical (unpaired) electrons. The number of furan rings is 1. The normalized spacial score (nSPS) is 13.4. The smallest absolute Gasteiger partial charge is 0.175 e. The minimum atomic E-state index is -3.14. The molecule has 0 aliphatic heterocycles. The summed E-state index contributed by atoms with van der Waals surface area (Å²) in [6.07, 6.45) is 3.58. The predicted molar refractivity (Wildman–Crippen MR) is 73.8 cm³/mol. The van der Waals surface area contributed by atoms with Crippen LogP contribution in [0.5, 0.6) is 0 Å². The van der Waals surface area contributed by atoms with Crippen molar-refractivity contribution in [3.05, 3.63) is 54.0 Å². The second-order valence-corrected chi connectivity index (χ2v) is 6.48. The lowest BCUT2D eigenvalue weighted by Crippen LogP contribution is -2.18. The van der Waals surface area contributed by atoms with Gasteiger partial charge >= 0.3 is 0 Å². The summed E-state index contributed by atoms with van der Waals surface area (Å²) < 4.78 is 28.1. The molecule has 0 saturated carbocycles. The topological polar surface area (TPSA) is 59.3 Å². The molecule has 1 unspecified atom stereocenters. The van der Waals surface area contributed by atoms with Crippen molar-refractivity contribution in [1.29, 1.82) is 0 Å². The molecule has 1 atom stereocenters. The van der Waals surface area contributed by atoms with Gasteiger partial charge in [-0.3, -0.25) is 0 Å². The number of hydrogen-bond donors (Lipinski definition) is 1. The summed E-state index contributed by atoms with van der Waals surface area (Å²) >= 11 is 0. The molecular weight excluding hydrogens is 262 g/mol. The molecule has 0 spiro atoms. The minimum Gasteiger partial charge on any atom is -0.469 e. The van der Waals surface area contributed by atoms with Gasteiger partial charge in [0, 0.05) is 18.7 Å². The number of likely N-dealkylation sites (N-methyl/N-ethyl adjacent to an activating group) is 1. The molecule has 2 rings (SSSR count). The number of nitrogens with one attached hydrogen (secondary N) is 1. The third-order valence-electron chi connectivity index (χ3n) is 3.04. The highest BCUT2D eigenvalue weighted by atomic mass is 32.2. The quantitative estimate of drug-likeness (QED) is 0.911. The van der Waals surface area contributed by atoms with E-state index in [1.165, 1.54) is 6.26 Å². The molecule has 0 bridgehead atoms. The molecule has 102 valence electrons. The highest BCUT2D eigenvalue weighted by Crippen LogP contribution is 2.20. The lowest BCUT2D eigenvalue weighted by Gasteiger charge is -2.15. The first-order valence-electron chi connectivity index (χ1n) is 6.00. The van der Waals surface area contributed by atoms with Gasteiger partial charge in [-0.05, 0) is 36.9 Å². The van der Waals surface area contributed by atoms with Crippen molar-refractivity contribution in [2.45, 2.75) is 17.4 Å². The van der Waals surface area contributed by atoms with E-state index in [1.54, 1.807) is 18.4 Å². The highest BCUT2D eigenvalue weighted by molar-refractivity contribution is 7.90. The van der Waals surface area contributed by atoms with Gasteiger partial charge in [0.25, 0.3) is 0 Å². The van der Waals surface area contributed by atoms with Crippen LogP contribution in [-0.2, 0) is 16.3 Å². The second kappa shape index (κ2) is 5.59. The Morgan fingerprint density at radius 3 is 2.37 bits per heavy atom. The van der Waals surface area contributed by atoms with Gasteiger partial charge in [-0.1, -0.05) is 12.1 Å². The summed E-state index contributed by atoms with van der Waals surface area (Å²) in [5, 5.41) is 3.21. The lowest BCUT2D eigenvalue weighted by molar-refractivity contribution is 0.466. The number of benzene rings is 1. The lowest BCUT2D eigenvalue weighted by atomic mass is 10.0. The molecule has 0 aliphatic rings. The van der Waals surface area contributed by atoms with E-state index in [-0.39, 0.29) is 6.04 Å². The van der Waals surface area contributed by atoms with Crippen molar-refractivity contribution in [1.82, 2.24) is 5.32 Å². The van der Waals surface area contributed by atoms with Gasteiger partial charge in [-0.15, -0.1) is 0 Å². The van der Waals surface area contributed by atoms with E-state index >= 15 is 0 Å². The van der Waals surface area contributed by atoms with Crippen LogP contribution in [0.3, 0.4) is 0 Å². The van der Waals surface area contributed by atoms with Crippen LogP contribution in [-0.4, -0.2) is 21.7 Å². The Morgan fingerprint density at radius 2 is 1.89 bits per heavy atom. The van der Waals surface area contributed by atoms with Crippen LogP contribution < -0.4 is 5.32 Å². The maximum Gasteiger partial charge on any atom is 0.175 e. The molecule has 0 amide bonds. The monoisotopic (exact) mass is 279 g/mol. The Kier molecular flexibility index (Phi) is 4.07. The van der Waals surface area contributed by atoms with E-state index in [9.17, 15) is 8.42 Å². The molecule has 1 heterocycles. The Hall–Kier alpha value is -1.59. The average molecular weight is 279 g/mol. The second-order valence-electron chi connectivity index (χ2n) is 4.47. The Morgan fingerprint density at radius 1 is 1.21 bits per heavy atom. The predicted octanol–water partition coefficient (Wildman–Crippen LogP) is 2.19. The minimum absolute atomic E-state index is 0.0970. The number of hydrogen-bond acceptors (Lipinski definition) is 4. The summed E-state index contributed by atoms with van der Waals surface area (Å²) in [5.41, 5.74) is 1.03. The van der Waals surface area contributed by atoms with Gasteiger partial charge in [-0.25, -0.2) is 8.42 Å². The van der Waals surface area contributed by atoms with Crippen LogP contribution in [0.2, 0.25) is 0 Å². The van der Waals surface area contributed by atoms with Gasteiger partial charge in [0.2, 0.25) is 0 Å². The van der Waals surface area contributed by atoms with Crippen molar-refractivity contribution in [2.24, 2.45) is 0 Å². The zero-order valence-electron chi connectivity index (χ0n) is 11.0. The van der Waals surface area contributed by atoms with E-state index in [4.69, 9.17) is 4.42 Å². The SMILES string of the molecule is CNC(Cc1ccco1)c1ccc(S(C)(=O)=O)cc1. The van der Waals surface area contributed by atoms with Crippen LogP contribution in [0.1, 0.15) is 17.4 Å². The van der Waals surface area contributed by atoms with Gasteiger partial charge < -0.3 is 9.73 Å². The first-order chi connectivity index (χ1) is 9.00. The van der Waals surface area contributed by atoms with Gasteiger partial charge in [-0.2, -0.15) is 0 Å². The Balaban J connectivity index is 2.20. The van der Waals surface area contributed by atoms with Crippen LogP contribution in [0.25, 0.3) is 0 Å². The van der Waals surface area contributed by atoms with E-state index in [1.807, 2.05) is 31.3 Å². The summed E-state index contributed by atoms with van der Waals surface area (Å²) in [4.78, 5) is 0.337. The summed E-state index contributed by atoms with van der Waals surface area (Å²) in [6, 6.07) is 10.8. The van der Waals surface area contributed by atoms with Crippen LogP contribution in [0.4, 0.5) is 0 Å². The Bertz CT molecular complexity index is 615. The number of sulfone groups is 1. The fourth-order valence-electron chi connectivity index (χ4n) is 1.96. The molecule has 5 heteroatoms. The zero-order chi connectivity index (χ0) is 13.9. The van der Waals surface area contributed by atoms with Gasteiger partial charge in [0.1, 0.15) is 5.76 Å². The van der Waals surface area contributed by atoms with E-state index in [0.717, 1.165) is 17.7 Å². The summed E-state index contributed by atoms with van der Waals surface area (Å²) in [5.74, 6) is 0.895. The Labute approximate surface area is 113 Å². The van der Waals surface area contributed by atoms with E-state index < -0.39 is 9.84 Å². The van der Waals surface area contributed by atoms with E-state index in [2.05, 4.69) is 5.32 Å². The van der Waals surface area contributed by atoms with Crippen molar-refractivity contribution >= 4 is 9.84 Å². The molecule has 0 saturated heterocycles. The molecule has 4 nitrogen and oxygen atoms in total. The molecule has 1 aromatic carbocycles. The molecule has 2 aromatic rings. The fraction of sp³-hybridized carbons (Fsp3) is 0.286. The summed E-state index contributed by atoms with van der Waals surface area (Å²) in [6.45, 7) is 0. The largest absolute Gasteiger partial charge is 0.469 e. The van der Waals surface area contributed by atoms with Crippen LogP contribution in [0.15, 0.2) is 52.0 Å². The van der Waals surface area contributed by atoms with E-state index in [0.29, 0.717) is 4.90 Å². The maximum absolute atomic E-state index is 11.4. The molecule has 0 fully saturated rings. The zero-order valence-corrected chi connectivity index (χ0v) is 11.8. The molecule has 1 aromatic heterocycles. The molecule has 19 heavy (non-hydrogen) atoms. The fourth-order valence-corrected chi connectivity index (χ4v) is 2.59. The van der Waals surface area contributed by atoms with Crippen molar-refractivity contribution in [2.75, 3.05) is 13.3 Å². The van der Waals surface area contributed by atoms with Crippen LogP contribution in [0, 0.1) is 0 Å². The van der Waals surface area contributed by atoms with Gasteiger partial charge in [0.05, 0.1) is 11.2 Å². The standard InChI is InChI=1S/C14H17NO3S/c1-15-14(10-12-4-3-9-18-12)11-5-7-13(8-6-11)19(2,16)17/h3-9,14-15H,10H2,1-2H3. The first-order valence-corrected chi connectivity index (χ1v) is 7.89. The van der Waals surface area contributed by atoms with Gasteiger partial charge in [0.15, 0.2) is 9.84 Å². The summed E-state index contributed by atoms with van der Waals surface area (Å²) in [7, 11) is -1.27. The third-order valence-corrected chi connectivity index (χ3v) is 4.17. The molecule has 0 aliphatic carbocycles. The number of rotatable bonds is 5. The highest BCUT2D eigenvalue weighted by Gasteiger charge is 2.13. The van der Waals surface area contributed by atoms with Crippen LogP contribution >= 0.6 is 0 Å². The maximum atomic E-state index is 11.4. The molecular formula is C14H17NO3S. The van der Waals surface area contributed by atoms with Crippen molar-refractivity contribution in [3.63, 3.8) is 0 Å². The van der Waals surface area contributed by atoms with Crippen molar-refractivity contribution < 1.29 is 12.8 Å². The van der Waals surface area contributed by atoms with Crippen molar-refractivity contribution in [3.8, 4) is 0 Å². The third kappa shape index (κ3) is 3.45. The first kappa shape index (κ1) is 13.8. The average Bonchev–Trinajstić information content (AvgIpc) is 2.88. The molecule has 1 N–H and O–H groups in total.